The SMILES string of the molecule is CC#CCC(CC#CC)O[Si](C)C. The fourth-order valence-corrected chi connectivity index (χ4v) is 1.75. The molecule has 0 saturated carbocycles. The fourth-order valence-electron chi connectivity index (χ4n) is 0.921. The van der Waals surface area contributed by atoms with Gasteiger partial charge in [0.25, 0.3) is 0 Å². The van der Waals surface area contributed by atoms with Gasteiger partial charge < -0.3 is 4.43 Å². The van der Waals surface area contributed by atoms with Crippen LogP contribution in [0.3, 0.4) is 0 Å². The van der Waals surface area contributed by atoms with Crippen LogP contribution in [0.4, 0.5) is 0 Å². The van der Waals surface area contributed by atoms with Crippen molar-refractivity contribution < 1.29 is 4.43 Å². The van der Waals surface area contributed by atoms with Crippen molar-refractivity contribution in [1.82, 2.24) is 0 Å². The standard InChI is InChI=1S/C11H17OSi/c1-5-7-9-11(10-8-6-2)12-13(3)4/h11H,9-10H2,1-4H3. The number of rotatable bonds is 4. The van der Waals surface area contributed by atoms with Crippen LogP contribution < -0.4 is 0 Å². The van der Waals surface area contributed by atoms with Gasteiger partial charge in [0.15, 0.2) is 0 Å². The zero-order valence-electron chi connectivity index (χ0n) is 8.90. The van der Waals surface area contributed by atoms with Gasteiger partial charge in [-0.05, 0) is 26.9 Å². The van der Waals surface area contributed by atoms with Gasteiger partial charge >= 0.3 is 0 Å². The minimum absolute atomic E-state index is 0.212. The summed E-state index contributed by atoms with van der Waals surface area (Å²) in [7, 11) is -0.629. The molecule has 0 fully saturated rings. The molecule has 0 aliphatic carbocycles. The highest BCUT2D eigenvalue weighted by atomic mass is 28.3. The Morgan fingerprint density at radius 2 is 1.54 bits per heavy atom. The van der Waals surface area contributed by atoms with E-state index in [1.165, 1.54) is 0 Å². The Morgan fingerprint density at radius 1 is 1.08 bits per heavy atom. The Hall–Kier alpha value is -0.703. The summed E-state index contributed by atoms with van der Waals surface area (Å²) in [5, 5.41) is 0. The third-order valence-electron chi connectivity index (χ3n) is 1.42. The normalized spacial score (nSPS) is 9.08. The highest BCUT2D eigenvalue weighted by Crippen LogP contribution is 2.04. The monoisotopic (exact) mass is 193 g/mol. The highest BCUT2D eigenvalue weighted by molar-refractivity contribution is 6.48. The first kappa shape index (κ1) is 12.3. The van der Waals surface area contributed by atoms with Crippen LogP contribution in [-0.4, -0.2) is 15.1 Å². The fraction of sp³-hybridized carbons (Fsp3) is 0.636. The van der Waals surface area contributed by atoms with Gasteiger partial charge in [-0.2, -0.15) is 0 Å². The first-order valence-corrected chi connectivity index (χ1v) is 6.87. The van der Waals surface area contributed by atoms with E-state index in [-0.39, 0.29) is 6.10 Å². The van der Waals surface area contributed by atoms with E-state index >= 15 is 0 Å². The third kappa shape index (κ3) is 7.65. The summed E-state index contributed by atoms with van der Waals surface area (Å²) in [5.74, 6) is 11.8. The van der Waals surface area contributed by atoms with Crippen LogP contribution in [0.15, 0.2) is 0 Å². The van der Waals surface area contributed by atoms with Crippen LogP contribution >= 0.6 is 0 Å². The minimum Gasteiger partial charge on any atom is -0.412 e. The largest absolute Gasteiger partial charge is 0.412 e. The smallest absolute Gasteiger partial charge is 0.205 e. The number of hydrogen-bond donors (Lipinski definition) is 0. The summed E-state index contributed by atoms with van der Waals surface area (Å²) >= 11 is 0. The molecule has 1 nitrogen and oxygen atoms in total. The summed E-state index contributed by atoms with van der Waals surface area (Å²) in [4.78, 5) is 0. The van der Waals surface area contributed by atoms with Crippen LogP contribution in [0.1, 0.15) is 26.7 Å². The molecule has 0 aliphatic heterocycles. The molecule has 0 aliphatic rings. The Balaban J connectivity index is 3.96. The first-order valence-electron chi connectivity index (χ1n) is 4.46. The molecule has 0 rings (SSSR count). The summed E-state index contributed by atoms with van der Waals surface area (Å²) in [6, 6.07) is 0. The lowest BCUT2D eigenvalue weighted by atomic mass is 10.2. The first-order chi connectivity index (χ1) is 6.20. The predicted octanol–water partition coefficient (Wildman–Crippen LogP) is 2.45. The van der Waals surface area contributed by atoms with Crippen LogP contribution in [-0.2, 0) is 4.43 Å². The maximum Gasteiger partial charge on any atom is 0.205 e. The molecule has 0 aromatic heterocycles. The molecule has 71 valence electrons. The molecule has 1 radical (unpaired) electrons. The molecular weight excluding hydrogens is 176 g/mol. The zero-order chi connectivity index (χ0) is 10.1. The third-order valence-corrected chi connectivity index (χ3v) is 2.22. The second-order valence-electron chi connectivity index (χ2n) is 2.91. The molecule has 0 N–H and O–H groups in total. The van der Waals surface area contributed by atoms with Gasteiger partial charge in [0, 0.05) is 12.8 Å². The molecule has 0 amide bonds. The minimum atomic E-state index is -0.629. The topological polar surface area (TPSA) is 9.23 Å². The molecule has 0 atom stereocenters. The summed E-state index contributed by atoms with van der Waals surface area (Å²) in [6.07, 6.45) is 1.82. The zero-order valence-corrected chi connectivity index (χ0v) is 9.90. The second-order valence-corrected chi connectivity index (χ2v) is 4.96. The van der Waals surface area contributed by atoms with E-state index < -0.39 is 9.04 Å². The van der Waals surface area contributed by atoms with E-state index in [4.69, 9.17) is 4.43 Å². The Kier molecular flexibility index (Phi) is 7.49. The lowest BCUT2D eigenvalue weighted by molar-refractivity contribution is 0.216. The van der Waals surface area contributed by atoms with Crippen molar-refractivity contribution in [2.75, 3.05) is 0 Å². The lowest BCUT2D eigenvalue weighted by Gasteiger charge is -2.14. The van der Waals surface area contributed by atoms with Gasteiger partial charge in [0.1, 0.15) is 0 Å². The molecule has 0 spiro atoms. The number of hydrogen-bond acceptors (Lipinski definition) is 1. The van der Waals surface area contributed by atoms with E-state index in [0.29, 0.717) is 0 Å². The quantitative estimate of drug-likeness (QED) is 0.492. The molecule has 0 heterocycles. The van der Waals surface area contributed by atoms with Crippen LogP contribution in [0.5, 0.6) is 0 Å². The summed E-state index contributed by atoms with van der Waals surface area (Å²) in [6.45, 7) is 7.98. The Bertz CT molecular complexity index is 214. The predicted molar refractivity (Wildman–Crippen MR) is 58.5 cm³/mol. The average molecular weight is 193 g/mol. The summed E-state index contributed by atoms with van der Waals surface area (Å²) < 4.78 is 5.75. The highest BCUT2D eigenvalue weighted by Gasteiger charge is 2.08. The van der Waals surface area contributed by atoms with Crippen molar-refractivity contribution in [3.05, 3.63) is 0 Å². The van der Waals surface area contributed by atoms with E-state index in [9.17, 15) is 0 Å². The van der Waals surface area contributed by atoms with E-state index in [1.54, 1.807) is 0 Å². The Labute approximate surface area is 83.6 Å². The van der Waals surface area contributed by atoms with Crippen molar-refractivity contribution >= 4 is 9.04 Å². The molecule has 0 unspecified atom stereocenters. The van der Waals surface area contributed by atoms with Gasteiger partial charge in [-0.25, -0.2) is 0 Å². The molecule has 0 aromatic carbocycles. The van der Waals surface area contributed by atoms with Crippen molar-refractivity contribution in [3.63, 3.8) is 0 Å². The van der Waals surface area contributed by atoms with Gasteiger partial charge in [-0.3, -0.25) is 0 Å². The lowest BCUT2D eigenvalue weighted by Crippen LogP contribution is -2.19. The van der Waals surface area contributed by atoms with E-state index in [2.05, 4.69) is 36.8 Å². The molecule has 0 saturated heterocycles. The maximum absolute atomic E-state index is 5.75. The van der Waals surface area contributed by atoms with Gasteiger partial charge in [-0.1, -0.05) is 0 Å². The van der Waals surface area contributed by atoms with Gasteiger partial charge in [0.2, 0.25) is 9.04 Å². The Morgan fingerprint density at radius 3 is 1.85 bits per heavy atom. The van der Waals surface area contributed by atoms with Gasteiger partial charge in [-0.15, -0.1) is 23.7 Å². The molecule has 13 heavy (non-hydrogen) atoms. The van der Waals surface area contributed by atoms with Crippen LogP contribution in [0, 0.1) is 23.7 Å². The van der Waals surface area contributed by atoms with Crippen molar-refractivity contribution in [1.29, 1.82) is 0 Å². The second kappa shape index (κ2) is 7.92. The van der Waals surface area contributed by atoms with Crippen molar-refractivity contribution in [2.45, 2.75) is 45.9 Å². The van der Waals surface area contributed by atoms with Crippen molar-refractivity contribution in [2.24, 2.45) is 0 Å². The molecule has 2 heteroatoms. The van der Waals surface area contributed by atoms with Crippen LogP contribution in [0.2, 0.25) is 13.1 Å². The molecule has 0 aromatic rings. The van der Waals surface area contributed by atoms with Gasteiger partial charge in [0.05, 0.1) is 6.10 Å². The van der Waals surface area contributed by atoms with Crippen LogP contribution in [0.25, 0.3) is 0 Å². The van der Waals surface area contributed by atoms with E-state index in [1.807, 2.05) is 13.8 Å². The molecular formula is C11H17OSi. The maximum atomic E-state index is 5.75. The van der Waals surface area contributed by atoms with E-state index in [0.717, 1.165) is 12.8 Å². The van der Waals surface area contributed by atoms with Crippen molar-refractivity contribution in [3.8, 4) is 23.7 Å². The summed E-state index contributed by atoms with van der Waals surface area (Å²) in [5.41, 5.74) is 0. The average Bonchev–Trinajstić information content (AvgIpc) is 2.09. The molecule has 0 bridgehead atoms.